The minimum Gasteiger partial charge on any atom is -0.444 e. The van der Waals surface area contributed by atoms with E-state index in [1.54, 1.807) is 20.8 Å². The van der Waals surface area contributed by atoms with Crippen LogP contribution in [0.15, 0.2) is 17.0 Å². The first kappa shape index (κ1) is 17.0. The molecule has 0 fully saturated rings. The topological polar surface area (TPSA) is 63.7 Å². The van der Waals surface area contributed by atoms with Gasteiger partial charge in [-0.15, -0.1) is 0 Å². The molecule has 1 aromatic rings. The first-order valence-corrected chi connectivity index (χ1v) is 9.02. The fraction of sp³-hybridized carbons (Fsp3) is 0.500. The van der Waals surface area contributed by atoms with Crippen LogP contribution in [0, 0.1) is 5.82 Å². The van der Waals surface area contributed by atoms with E-state index in [-0.39, 0.29) is 11.4 Å². The predicted octanol–water partition coefficient (Wildman–Crippen LogP) is 3.05. The Kier molecular flexibility index (Phi) is 4.41. The highest BCUT2D eigenvalue weighted by Gasteiger charge is 2.28. The van der Waals surface area contributed by atoms with Gasteiger partial charge >= 0.3 is 6.09 Å². The number of hydrogen-bond acceptors (Lipinski definition) is 4. The molecule has 0 radical (unpaired) electrons. The number of nitrogens with zero attached hydrogens (tertiary/aromatic N) is 1. The van der Waals surface area contributed by atoms with Crippen LogP contribution in [0.5, 0.6) is 0 Å². The Labute approximate surface area is 133 Å². The van der Waals surface area contributed by atoms with Crippen LogP contribution >= 0.6 is 10.7 Å². The molecule has 0 spiro atoms. The molecule has 0 atom stereocenters. The third-order valence-electron chi connectivity index (χ3n) is 3.19. The molecular weight excluding hydrogens is 333 g/mol. The fourth-order valence-electron chi connectivity index (χ4n) is 2.21. The molecule has 122 valence electrons. The normalized spacial score (nSPS) is 15.4. The smallest absolute Gasteiger partial charge is 0.410 e. The highest BCUT2D eigenvalue weighted by Crippen LogP contribution is 2.27. The number of hydrogen-bond donors (Lipinski definition) is 0. The third-order valence-corrected chi connectivity index (χ3v) is 4.53. The summed E-state index contributed by atoms with van der Waals surface area (Å²) in [5.41, 5.74) is 0.201. The van der Waals surface area contributed by atoms with Gasteiger partial charge in [0.25, 0.3) is 9.05 Å². The summed E-state index contributed by atoms with van der Waals surface area (Å²) in [6.45, 7) is 5.62. The van der Waals surface area contributed by atoms with Crippen molar-refractivity contribution in [3.8, 4) is 0 Å². The highest BCUT2D eigenvalue weighted by molar-refractivity contribution is 8.13. The van der Waals surface area contributed by atoms with Crippen molar-refractivity contribution < 1.29 is 22.3 Å². The van der Waals surface area contributed by atoms with Crippen molar-refractivity contribution in [1.29, 1.82) is 0 Å². The Balaban J connectivity index is 2.27. The van der Waals surface area contributed by atoms with E-state index in [1.807, 2.05) is 0 Å². The molecule has 0 unspecified atom stereocenters. The molecule has 0 saturated carbocycles. The van der Waals surface area contributed by atoms with Gasteiger partial charge in [-0.25, -0.2) is 17.6 Å². The molecule has 1 aliphatic rings. The average Bonchev–Trinajstić information content (AvgIpc) is 2.35. The summed E-state index contributed by atoms with van der Waals surface area (Å²) < 4.78 is 42.0. The van der Waals surface area contributed by atoms with Gasteiger partial charge in [0, 0.05) is 22.8 Å². The van der Waals surface area contributed by atoms with E-state index in [0.29, 0.717) is 24.1 Å². The van der Waals surface area contributed by atoms with Gasteiger partial charge < -0.3 is 9.64 Å². The van der Waals surface area contributed by atoms with Crippen LogP contribution in [0.2, 0.25) is 0 Å². The number of fused-ring (bicyclic) bond motifs is 1. The lowest BCUT2D eigenvalue weighted by molar-refractivity contribution is 0.0221. The van der Waals surface area contributed by atoms with E-state index in [2.05, 4.69) is 0 Å². The predicted molar refractivity (Wildman–Crippen MR) is 79.8 cm³/mol. The minimum atomic E-state index is -3.99. The van der Waals surface area contributed by atoms with E-state index in [9.17, 15) is 17.6 Å². The van der Waals surface area contributed by atoms with Crippen LogP contribution in [-0.4, -0.2) is 31.6 Å². The maximum atomic E-state index is 14.1. The summed E-state index contributed by atoms with van der Waals surface area (Å²) in [6.07, 6.45) is -0.183. The second-order valence-electron chi connectivity index (χ2n) is 6.13. The molecule has 5 nitrogen and oxygen atoms in total. The Morgan fingerprint density at radius 3 is 2.55 bits per heavy atom. The lowest BCUT2D eigenvalue weighted by Crippen LogP contribution is -2.40. The summed E-state index contributed by atoms with van der Waals surface area (Å²) in [7, 11) is 1.26. The molecule has 0 saturated heterocycles. The maximum absolute atomic E-state index is 14.1. The van der Waals surface area contributed by atoms with Gasteiger partial charge in [-0.05, 0) is 44.9 Å². The molecule has 0 N–H and O–H groups in total. The van der Waals surface area contributed by atoms with Crippen molar-refractivity contribution in [2.45, 2.75) is 44.2 Å². The average molecular weight is 350 g/mol. The van der Waals surface area contributed by atoms with Crippen molar-refractivity contribution in [2.75, 3.05) is 6.54 Å². The van der Waals surface area contributed by atoms with Crippen LogP contribution in [0.25, 0.3) is 0 Å². The molecule has 1 aliphatic heterocycles. The van der Waals surface area contributed by atoms with Crippen LogP contribution in [0.1, 0.15) is 31.9 Å². The zero-order valence-corrected chi connectivity index (χ0v) is 14.1. The van der Waals surface area contributed by atoms with E-state index >= 15 is 0 Å². The molecule has 8 heteroatoms. The van der Waals surface area contributed by atoms with Gasteiger partial charge in [-0.1, -0.05) is 0 Å². The van der Waals surface area contributed by atoms with Crippen molar-refractivity contribution in [3.63, 3.8) is 0 Å². The highest BCUT2D eigenvalue weighted by atomic mass is 35.7. The van der Waals surface area contributed by atoms with Gasteiger partial charge in [0.1, 0.15) is 11.4 Å². The van der Waals surface area contributed by atoms with Gasteiger partial charge in [0.2, 0.25) is 0 Å². The third kappa shape index (κ3) is 3.89. The standard InChI is InChI=1S/C14H17ClFNO4S/c1-14(2,3)21-13(18)17-5-4-9-6-10(22(15,19)20)7-12(16)11(9)8-17/h6-7H,4-5,8H2,1-3H3. The Bertz CT molecular complexity index is 712. The van der Waals surface area contributed by atoms with Crippen molar-refractivity contribution >= 4 is 25.8 Å². The van der Waals surface area contributed by atoms with E-state index in [4.69, 9.17) is 15.4 Å². The number of carbonyl (C=O) groups excluding carboxylic acids is 1. The first-order chi connectivity index (χ1) is 9.97. The molecular formula is C14H17ClFNO4S. The van der Waals surface area contributed by atoms with Gasteiger partial charge in [0.05, 0.1) is 11.4 Å². The quantitative estimate of drug-likeness (QED) is 0.731. The van der Waals surface area contributed by atoms with Gasteiger partial charge in [0.15, 0.2) is 0 Å². The van der Waals surface area contributed by atoms with Gasteiger partial charge in [-0.3, -0.25) is 0 Å². The number of ether oxygens (including phenoxy) is 1. The lowest BCUT2D eigenvalue weighted by atomic mass is 9.99. The van der Waals surface area contributed by atoms with Crippen molar-refractivity contribution in [1.82, 2.24) is 4.90 Å². The summed E-state index contributed by atoms with van der Waals surface area (Å²) in [6, 6.07) is 2.23. The fourth-order valence-corrected chi connectivity index (χ4v) is 3.01. The molecule has 0 aromatic heterocycles. The van der Waals surface area contributed by atoms with Crippen LogP contribution in [-0.2, 0) is 26.8 Å². The van der Waals surface area contributed by atoms with Crippen molar-refractivity contribution in [3.05, 3.63) is 29.1 Å². The number of halogens is 2. The van der Waals surface area contributed by atoms with E-state index < -0.39 is 26.6 Å². The SMILES string of the molecule is CC(C)(C)OC(=O)N1CCc2cc(S(=O)(=O)Cl)cc(F)c2C1. The Morgan fingerprint density at radius 2 is 2.00 bits per heavy atom. The van der Waals surface area contributed by atoms with E-state index in [0.717, 1.165) is 6.07 Å². The second-order valence-corrected chi connectivity index (χ2v) is 8.70. The number of carbonyl (C=O) groups is 1. The second kappa shape index (κ2) is 5.70. The van der Waals surface area contributed by atoms with Crippen LogP contribution in [0.4, 0.5) is 9.18 Å². The van der Waals surface area contributed by atoms with Crippen LogP contribution in [0.3, 0.4) is 0 Å². The molecule has 1 amide bonds. The summed E-state index contributed by atoms with van der Waals surface area (Å²) >= 11 is 0. The Morgan fingerprint density at radius 1 is 1.36 bits per heavy atom. The summed E-state index contributed by atoms with van der Waals surface area (Å²) in [5.74, 6) is -0.690. The molecule has 2 rings (SSSR count). The molecule has 0 aliphatic carbocycles. The van der Waals surface area contributed by atoms with Gasteiger partial charge in [-0.2, -0.15) is 0 Å². The number of benzene rings is 1. The molecule has 22 heavy (non-hydrogen) atoms. The lowest BCUT2D eigenvalue weighted by Gasteiger charge is -2.31. The molecule has 1 aromatic carbocycles. The van der Waals surface area contributed by atoms with E-state index in [1.165, 1.54) is 11.0 Å². The zero-order chi connectivity index (χ0) is 16.7. The monoisotopic (exact) mass is 349 g/mol. The first-order valence-electron chi connectivity index (χ1n) is 6.71. The summed E-state index contributed by atoms with van der Waals surface area (Å²) in [4.78, 5) is 13.2. The minimum absolute atomic E-state index is 0.0404. The maximum Gasteiger partial charge on any atom is 0.410 e. The number of rotatable bonds is 1. The largest absolute Gasteiger partial charge is 0.444 e. The number of amides is 1. The summed E-state index contributed by atoms with van der Waals surface area (Å²) in [5, 5.41) is 0. The molecule has 1 heterocycles. The Hall–Kier alpha value is -1.34. The van der Waals surface area contributed by atoms with Crippen molar-refractivity contribution in [2.24, 2.45) is 0 Å². The molecule has 0 bridgehead atoms. The zero-order valence-electron chi connectivity index (χ0n) is 12.5. The van der Waals surface area contributed by atoms with Crippen LogP contribution < -0.4 is 0 Å².